The summed E-state index contributed by atoms with van der Waals surface area (Å²) in [5, 5.41) is 0. The first-order chi connectivity index (χ1) is 9.39. The second kappa shape index (κ2) is 4.74. The number of hydrogen-bond acceptors (Lipinski definition) is 4. The average Bonchev–Trinajstić information content (AvgIpc) is 2.90. The molecule has 1 heterocycles. The zero-order valence-electron chi connectivity index (χ0n) is 12.6. The number of esters is 2. The van der Waals surface area contributed by atoms with Crippen molar-refractivity contribution >= 4 is 11.9 Å². The molecule has 2 saturated carbocycles. The van der Waals surface area contributed by atoms with Crippen LogP contribution < -0.4 is 0 Å². The van der Waals surface area contributed by atoms with Gasteiger partial charge in [0.2, 0.25) is 0 Å². The lowest BCUT2D eigenvalue weighted by Crippen LogP contribution is -2.43. The van der Waals surface area contributed by atoms with Crippen LogP contribution >= 0.6 is 0 Å². The highest BCUT2D eigenvalue weighted by Gasteiger charge is 2.52. The lowest BCUT2D eigenvalue weighted by Gasteiger charge is -2.36. The number of fused-ring (bicyclic) bond motifs is 2. The number of rotatable bonds is 2. The summed E-state index contributed by atoms with van der Waals surface area (Å²) in [7, 11) is 0. The fourth-order valence-corrected chi connectivity index (χ4v) is 4.44. The molecule has 0 aromatic heterocycles. The van der Waals surface area contributed by atoms with Gasteiger partial charge in [0, 0.05) is 6.42 Å². The molecule has 4 nitrogen and oxygen atoms in total. The van der Waals surface area contributed by atoms with E-state index in [0.29, 0.717) is 30.8 Å². The standard InChI is InChI=1S/C16H24O4/c1-9-10(2)12-6-11(9)7-13(12)15(18)20-16(3)4-5-19-14(17)8-16/h9-13H,4-8H2,1-3H3. The van der Waals surface area contributed by atoms with Crippen molar-refractivity contribution in [1.29, 1.82) is 0 Å². The Morgan fingerprint density at radius 2 is 2.05 bits per heavy atom. The molecule has 2 aliphatic carbocycles. The second-order valence-corrected chi connectivity index (χ2v) is 7.24. The number of cyclic esters (lactones) is 1. The average molecular weight is 280 g/mol. The van der Waals surface area contributed by atoms with Gasteiger partial charge in [-0.25, -0.2) is 0 Å². The second-order valence-electron chi connectivity index (χ2n) is 7.24. The van der Waals surface area contributed by atoms with Gasteiger partial charge in [-0.3, -0.25) is 9.59 Å². The van der Waals surface area contributed by atoms with Crippen molar-refractivity contribution in [2.45, 2.75) is 52.1 Å². The van der Waals surface area contributed by atoms with Crippen LogP contribution in [-0.4, -0.2) is 24.1 Å². The first-order valence-corrected chi connectivity index (χ1v) is 7.78. The summed E-state index contributed by atoms with van der Waals surface area (Å²) in [6.45, 7) is 6.77. The van der Waals surface area contributed by atoms with Gasteiger partial charge in [0.25, 0.3) is 0 Å². The Hall–Kier alpha value is -1.06. The Balaban J connectivity index is 1.64. The first-order valence-electron chi connectivity index (χ1n) is 7.78. The molecule has 0 radical (unpaired) electrons. The molecular weight excluding hydrogens is 256 g/mol. The van der Waals surface area contributed by atoms with E-state index in [1.807, 2.05) is 6.92 Å². The van der Waals surface area contributed by atoms with Gasteiger partial charge < -0.3 is 9.47 Å². The number of carbonyl (C=O) groups is 2. The predicted molar refractivity (Wildman–Crippen MR) is 72.7 cm³/mol. The molecule has 6 atom stereocenters. The molecule has 20 heavy (non-hydrogen) atoms. The maximum Gasteiger partial charge on any atom is 0.309 e. The number of ether oxygens (including phenoxy) is 2. The fraction of sp³-hybridized carbons (Fsp3) is 0.875. The molecule has 112 valence electrons. The minimum atomic E-state index is -0.664. The topological polar surface area (TPSA) is 52.6 Å². The molecule has 0 spiro atoms. The largest absolute Gasteiger partial charge is 0.465 e. The summed E-state index contributed by atoms with van der Waals surface area (Å²) >= 11 is 0. The molecule has 4 heteroatoms. The van der Waals surface area contributed by atoms with Crippen molar-refractivity contribution in [3.63, 3.8) is 0 Å². The molecule has 1 aliphatic heterocycles. The van der Waals surface area contributed by atoms with Crippen molar-refractivity contribution in [2.24, 2.45) is 29.6 Å². The molecular formula is C16H24O4. The maximum atomic E-state index is 12.5. The molecule has 0 N–H and O–H groups in total. The zero-order chi connectivity index (χ0) is 14.5. The quantitative estimate of drug-likeness (QED) is 0.729. The van der Waals surface area contributed by atoms with Gasteiger partial charge in [-0.1, -0.05) is 13.8 Å². The number of hydrogen-bond donors (Lipinski definition) is 0. The van der Waals surface area contributed by atoms with Crippen LogP contribution in [0.25, 0.3) is 0 Å². The van der Waals surface area contributed by atoms with E-state index in [9.17, 15) is 9.59 Å². The third-order valence-electron chi connectivity index (χ3n) is 5.96. The highest BCUT2D eigenvalue weighted by atomic mass is 16.6. The number of carbonyl (C=O) groups excluding carboxylic acids is 2. The third kappa shape index (κ3) is 2.23. The summed E-state index contributed by atoms with van der Waals surface area (Å²) in [5.41, 5.74) is -0.664. The zero-order valence-corrected chi connectivity index (χ0v) is 12.6. The molecule has 0 aromatic rings. The highest BCUT2D eigenvalue weighted by molar-refractivity contribution is 5.76. The van der Waals surface area contributed by atoms with Crippen molar-refractivity contribution in [3.8, 4) is 0 Å². The monoisotopic (exact) mass is 280 g/mol. The highest BCUT2D eigenvalue weighted by Crippen LogP contribution is 2.55. The fourth-order valence-electron chi connectivity index (χ4n) is 4.44. The van der Waals surface area contributed by atoms with Crippen LogP contribution in [0.2, 0.25) is 0 Å². The van der Waals surface area contributed by atoms with Crippen LogP contribution in [0.1, 0.15) is 46.5 Å². The van der Waals surface area contributed by atoms with E-state index >= 15 is 0 Å². The Bertz CT molecular complexity index is 430. The van der Waals surface area contributed by atoms with Crippen LogP contribution in [0.15, 0.2) is 0 Å². The summed E-state index contributed by atoms with van der Waals surface area (Å²) in [5.74, 6) is 2.17. The van der Waals surface area contributed by atoms with Crippen LogP contribution in [0.3, 0.4) is 0 Å². The van der Waals surface area contributed by atoms with Gasteiger partial charge in [-0.2, -0.15) is 0 Å². The van der Waals surface area contributed by atoms with Gasteiger partial charge in [0.05, 0.1) is 18.9 Å². The summed E-state index contributed by atoms with van der Waals surface area (Å²) < 4.78 is 10.7. The van der Waals surface area contributed by atoms with Crippen molar-refractivity contribution in [2.75, 3.05) is 6.61 Å². The van der Waals surface area contributed by atoms with E-state index in [2.05, 4.69) is 13.8 Å². The molecule has 3 aliphatic rings. The Labute approximate surface area is 120 Å². The molecule has 0 aromatic carbocycles. The van der Waals surface area contributed by atoms with E-state index in [0.717, 1.165) is 12.3 Å². The van der Waals surface area contributed by atoms with Crippen LogP contribution in [-0.2, 0) is 19.1 Å². The van der Waals surface area contributed by atoms with E-state index < -0.39 is 5.60 Å². The molecule has 1 saturated heterocycles. The van der Waals surface area contributed by atoms with Gasteiger partial charge in [0.1, 0.15) is 5.60 Å². The van der Waals surface area contributed by atoms with Crippen molar-refractivity contribution in [3.05, 3.63) is 0 Å². The summed E-state index contributed by atoms with van der Waals surface area (Å²) in [4.78, 5) is 23.9. The Morgan fingerprint density at radius 3 is 2.65 bits per heavy atom. The molecule has 0 amide bonds. The summed E-state index contributed by atoms with van der Waals surface area (Å²) in [6.07, 6.45) is 2.93. The summed E-state index contributed by atoms with van der Waals surface area (Å²) in [6, 6.07) is 0. The van der Waals surface area contributed by atoms with Gasteiger partial charge in [-0.05, 0) is 43.4 Å². The van der Waals surface area contributed by atoms with Crippen molar-refractivity contribution in [1.82, 2.24) is 0 Å². The molecule has 2 bridgehead atoms. The smallest absolute Gasteiger partial charge is 0.309 e. The lowest BCUT2D eigenvalue weighted by atomic mass is 9.75. The van der Waals surface area contributed by atoms with E-state index in [1.165, 1.54) is 6.42 Å². The normalized spacial score (nSPS) is 47.1. The minimum absolute atomic E-state index is 0.0426. The van der Waals surface area contributed by atoms with Crippen molar-refractivity contribution < 1.29 is 19.1 Å². The minimum Gasteiger partial charge on any atom is -0.465 e. The Kier molecular flexibility index (Phi) is 3.30. The van der Waals surface area contributed by atoms with Crippen LogP contribution in [0.4, 0.5) is 0 Å². The molecule has 3 rings (SSSR count). The van der Waals surface area contributed by atoms with E-state index in [4.69, 9.17) is 9.47 Å². The molecule has 6 unspecified atom stereocenters. The SMILES string of the molecule is CC1C2CC(C(=O)OC3(C)CCOC(=O)C3)C(C2)C1C. The maximum absolute atomic E-state index is 12.5. The third-order valence-corrected chi connectivity index (χ3v) is 5.96. The lowest BCUT2D eigenvalue weighted by molar-refractivity contribution is -0.180. The first kappa shape index (κ1) is 13.9. The van der Waals surface area contributed by atoms with Gasteiger partial charge in [-0.15, -0.1) is 0 Å². The van der Waals surface area contributed by atoms with E-state index in [-0.39, 0.29) is 24.3 Å². The van der Waals surface area contributed by atoms with E-state index in [1.54, 1.807) is 0 Å². The Morgan fingerprint density at radius 1 is 1.30 bits per heavy atom. The van der Waals surface area contributed by atoms with Crippen LogP contribution in [0.5, 0.6) is 0 Å². The van der Waals surface area contributed by atoms with Crippen LogP contribution in [0, 0.1) is 29.6 Å². The molecule has 3 fully saturated rings. The van der Waals surface area contributed by atoms with Gasteiger partial charge >= 0.3 is 11.9 Å². The van der Waals surface area contributed by atoms with Gasteiger partial charge in [0.15, 0.2) is 0 Å². The predicted octanol–water partition coefficient (Wildman–Crippen LogP) is 2.55.